The van der Waals surface area contributed by atoms with Gasteiger partial charge < -0.3 is 10.2 Å². The summed E-state index contributed by atoms with van der Waals surface area (Å²) < 4.78 is 1.80. The quantitative estimate of drug-likeness (QED) is 0.887. The molecule has 0 aliphatic rings. The van der Waals surface area contributed by atoms with Crippen LogP contribution in [0.15, 0.2) is 24.5 Å². The van der Waals surface area contributed by atoms with Gasteiger partial charge in [0, 0.05) is 38.9 Å². The van der Waals surface area contributed by atoms with Crippen molar-refractivity contribution in [3.63, 3.8) is 0 Å². The van der Waals surface area contributed by atoms with E-state index < -0.39 is 0 Å². The van der Waals surface area contributed by atoms with Gasteiger partial charge >= 0.3 is 0 Å². The van der Waals surface area contributed by atoms with Crippen LogP contribution in [0.1, 0.15) is 18.2 Å². The van der Waals surface area contributed by atoms with Crippen LogP contribution in [0.2, 0.25) is 5.02 Å². The summed E-state index contributed by atoms with van der Waals surface area (Å²) in [5.74, 6) is 0.908. The number of nitrogens with one attached hydrogen (secondary N) is 1. The predicted molar refractivity (Wildman–Crippen MR) is 81.9 cm³/mol. The standard InChI is InChI=1S/C14H20ClN5/c1-4-16-8-13-12(15)5-6-14(18-13)19(2)9-11-7-17-20(3)10-11/h5-7,10,16H,4,8-9H2,1-3H3. The molecule has 5 nitrogen and oxygen atoms in total. The lowest BCUT2D eigenvalue weighted by atomic mass is 10.3. The second-order valence-electron chi connectivity index (χ2n) is 4.76. The molecular formula is C14H20ClN5. The number of rotatable bonds is 6. The van der Waals surface area contributed by atoms with Crippen LogP contribution in [0.5, 0.6) is 0 Å². The normalized spacial score (nSPS) is 10.8. The largest absolute Gasteiger partial charge is 0.355 e. The predicted octanol–water partition coefficient (Wildman–Crippen LogP) is 2.21. The van der Waals surface area contributed by atoms with Crippen molar-refractivity contribution < 1.29 is 0 Å². The maximum absolute atomic E-state index is 6.17. The lowest BCUT2D eigenvalue weighted by molar-refractivity contribution is 0.708. The first-order chi connectivity index (χ1) is 9.60. The van der Waals surface area contributed by atoms with Crippen molar-refractivity contribution in [3.05, 3.63) is 40.8 Å². The van der Waals surface area contributed by atoms with Crippen molar-refractivity contribution in [2.24, 2.45) is 7.05 Å². The summed E-state index contributed by atoms with van der Waals surface area (Å²) in [6.07, 6.45) is 3.87. The van der Waals surface area contributed by atoms with Gasteiger partial charge in [-0.2, -0.15) is 5.10 Å². The molecule has 0 aliphatic heterocycles. The zero-order chi connectivity index (χ0) is 14.5. The van der Waals surface area contributed by atoms with Crippen LogP contribution in [0.25, 0.3) is 0 Å². The third-order valence-corrected chi connectivity index (χ3v) is 3.36. The molecule has 0 aliphatic carbocycles. The minimum Gasteiger partial charge on any atom is -0.355 e. The first kappa shape index (κ1) is 14.8. The highest BCUT2D eigenvalue weighted by atomic mass is 35.5. The second kappa shape index (κ2) is 6.72. The molecule has 6 heteroatoms. The molecule has 0 spiro atoms. The SMILES string of the molecule is CCNCc1nc(N(C)Cc2cnn(C)c2)ccc1Cl. The Morgan fingerprint density at radius 1 is 1.40 bits per heavy atom. The fourth-order valence-electron chi connectivity index (χ4n) is 1.96. The van der Waals surface area contributed by atoms with Crippen molar-refractivity contribution in [2.45, 2.75) is 20.0 Å². The topological polar surface area (TPSA) is 46.0 Å². The van der Waals surface area contributed by atoms with Crippen molar-refractivity contribution in [2.75, 3.05) is 18.5 Å². The number of halogens is 1. The smallest absolute Gasteiger partial charge is 0.129 e. The first-order valence-electron chi connectivity index (χ1n) is 6.65. The molecule has 1 N–H and O–H groups in total. The molecule has 0 saturated carbocycles. The molecule has 0 bridgehead atoms. The van der Waals surface area contributed by atoms with E-state index >= 15 is 0 Å². The van der Waals surface area contributed by atoms with Crippen LogP contribution in [-0.2, 0) is 20.1 Å². The van der Waals surface area contributed by atoms with Crippen molar-refractivity contribution >= 4 is 17.4 Å². The van der Waals surface area contributed by atoms with E-state index in [1.807, 2.05) is 38.6 Å². The Morgan fingerprint density at radius 2 is 2.20 bits per heavy atom. The van der Waals surface area contributed by atoms with Gasteiger partial charge in [0.25, 0.3) is 0 Å². The van der Waals surface area contributed by atoms with Gasteiger partial charge in [-0.15, -0.1) is 0 Å². The van der Waals surface area contributed by atoms with E-state index in [0.717, 1.165) is 30.2 Å². The molecule has 2 aromatic rings. The van der Waals surface area contributed by atoms with Crippen LogP contribution in [-0.4, -0.2) is 28.4 Å². The van der Waals surface area contributed by atoms with Gasteiger partial charge in [0.1, 0.15) is 5.82 Å². The lowest BCUT2D eigenvalue weighted by Gasteiger charge is -2.18. The summed E-state index contributed by atoms with van der Waals surface area (Å²) in [6, 6.07) is 3.84. The Labute approximate surface area is 124 Å². The number of hydrogen-bond acceptors (Lipinski definition) is 4. The van der Waals surface area contributed by atoms with Crippen molar-refractivity contribution in [3.8, 4) is 0 Å². The molecule has 0 aromatic carbocycles. The van der Waals surface area contributed by atoms with Crippen LogP contribution in [0, 0.1) is 0 Å². The molecule has 20 heavy (non-hydrogen) atoms. The van der Waals surface area contributed by atoms with Gasteiger partial charge in [-0.1, -0.05) is 18.5 Å². The highest BCUT2D eigenvalue weighted by Gasteiger charge is 2.08. The molecule has 0 saturated heterocycles. The Hall–Kier alpha value is -1.59. The van der Waals surface area contributed by atoms with Crippen molar-refractivity contribution in [1.29, 1.82) is 0 Å². The number of aromatic nitrogens is 3. The molecule has 0 atom stereocenters. The summed E-state index contributed by atoms with van der Waals surface area (Å²) in [5.41, 5.74) is 2.03. The van der Waals surface area contributed by atoms with E-state index in [-0.39, 0.29) is 0 Å². The second-order valence-corrected chi connectivity index (χ2v) is 5.16. The number of nitrogens with zero attached hydrogens (tertiary/aromatic N) is 4. The fraction of sp³-hybridized carbons (Fsp3) is 0.429. The maximum Gasteiger partial charge on any atom is 0.129 e. The molecule has 2 aromatic heterocycles. The Morgan fingerprint density at radius 3 is 2.85 bits per heavy atom. The molecule has 2 rings (SSSR count). The average molecular weight is 294 g/mol. The molecule has 0 amide bonds. The lowest BCUT2D eigenvalue weighted by Crippen LogP contribution is -2.19. The number of pyridine rings is 1. The Kier molecular flexibility index (Phi) is 4.98. The van der Waals surface area contributed by atoms with E-state index in [4.69, 9.17) is 11.6 Å². The minimum absolute atomic E-state index is 0.684. The third kappa shape index (κ3) is 3.71. The van der Waals surface area contributed by atoms with Crippen LogP contribution >= 0.6 is 11.6 Å². The van der Waals surface area contributed by atoms with Gasteiger partial charge in [0.15, 0.2) is 0 Å². The van der Waals surface area contributed by atoms with Gasteiger partial charge in [-0.05, 0) is 18.7 Å². The Bertz CT molecular complexity index is 566. The van der Waals surface area contributed by atoms with Crippen molar-refractivity contribution in [1.82, 2.24) is 20.1 Å². The van der Waals surface area contributed by atoms with Crippen LogP contribution < -0.4 is 10.2 Å². The summed E-state index contributed by atoms with van der Waals surface area (Å²) in [5, 5.41) is 8.12. The number of aryl methyl sites for hydroxylation is 1. The zero-order valence-electron chi connectivity index (χ0n) is 12.1. The third-order valence-electron chi connectivity index (χ3n) is 3.02. The molecule has 108 valence electrons. The van der Waals surface area contributed by atoms with E-state index in [0.29, 0.717) is 11.6 Å². The fourth-order valence-corrected chi connectivity index (χ4v) is 2.13. The Balaban J connectivity index is 2.10. The summed E-state index contributed by atoms with van der Waals surface area (Å²) in [4.78, 5) is 6.70. The van der Waals surface area contributed by atoms with Gasteiger partial charge in [-0.25, -0.2) is 4.98 Å². The summed E-state index contributed by atoms with van der Waals surface area (Å²) in [7, 11) is 3.93. The van der Waals surface area contributed by atoms with Crippen LogP contribution in [0.3, 0.4) is 0 Å². The monoisotopic (exact) mass is 293 g/mol. The molecule has 0 unspecified atom stereocenters. The highest BCUT2D eigenvalue weighted by Crippen LogP contribution is 2.19. The zero-order valence-corrected chi connectivity index (χ0v) is 12.9. The maximum atomic E-state index is 6.17. The van der Waals surface area contributed by atoms with Gasteiger partial charge in [-0.3, -0.25) is 4.68 Å². The first-order valence-corrected chi connectivity index (χ1v) is 7.02. The molecule has 2 heterocycles. The van der Waals surface area contributed by atoms with Crippen LogP contribution in [0.4, 0.5) is 5.82 Å². The molecule has 0 radical (unpaired) electrons. The van der Waals surface area contributed by atoms with E-state index in [2.05, 4.69) is 27.2 Å². The van der Waals surface area contributed by atoms with E-state index in [9.17, 15) is 0 Å². The number of anilines is 1. The minimum atomic E-state index is 0.684. The van der Waals surface area contributed by atoms with Gasteiger partial charge in [0.05, 0.1) is 16.9 Å². The van der Waals surface area contributed by atoms with Gasteiger partial charge in [0.2, 0.25) is 0 Å². The molecule has 0 fully saturated rings. The average Bonchev–Trinajstić information content (AvgIpc) is 2.83. The van der Waals surface area contributed by atoms with E-state index in [1.165, 1.54) is 0 Å². The number of hydrogen-bond donors (Lipinski definition) is 1. The summed E-state index contributed by atoms with van der Waals surface area (Å²) in [6.45, 7) is 4.41. The summed E-state index contributed by atoms with van der Waals surface area (Å²) >= 11 is 6.17. The van der Waals surface area contributed by atoms with E-state index in [1.54, 1.807) is 4.68 Å². The molecular weight excluding hydrogens is 274 g/mol. The highest BCUT2D eigenvalue weighted by molar-refractivity contribution is 6.31.